The highest BCUT2D eigenvalue weighted by molar-refractivity contribution is 5.74. The molecule has 2 heterocycles. The van der Waals surface area contributed by atoms with Gasteiger partial charge >= 0.3 is 5.97 Å². The molecule has 6 nitrogen and oxygen atoms in total. The summed E-state index contributed by atoms with van der Waals surface area (Å²) in [5.74, 6) is 0.236. The van der Waals surface area contributed by atoms with Gasteiger partial charge < -0.3 is 14.6 Å². The van der Waals surface area contributed by atoms with Crippen molar-refractivity contribution in [3.8, 4) is 17.4 Å². The van der Waals surface area contributed by atoms with E-state index >= 15 is 0 Å². The second-order valence-corrected chi connectivity index (χ2v) is 5.60. The number of aliphatic carboxylic acids is 1. The number of likely N-dealkylation sites (tertiary alicyclic amines) is 1. The standard InChI is InChI=1S/C17H16N2O4/c18-8-11-3-1-2-4-14(11)16-6-5-13(23-16)10-19-9-12(20)7-15(19)17(21)22/h1-6,12,15,20H,7,9-10H2,(H,21,22). The van der Waals surface area contributed by atoms with Crippen molar-refractivity contribution in [1.29, 1.82) is 5.26 Å². The number of nitriles is 1. The van der Waals surface area contributed by atoms with Gasteiger partial charge in [0.25, 0.3) is 0 Å². The molecule has 1 aromatic carbocycles. The van der Waals surface area contributed by atoms with Crippen molar-refractivity contribution in [3.05, 3.63) is 47.7 Å². The molecule has 2 N–H and O–H groups in total. The third-order valence-corrected chi connectivity index (χ3v) is 4.00. The summed E-state index contributed by atoms with van der Waals surface area (Å²) in [6.07, 6.45) is -0.412. The van der Waals surface area contributed by atoms with Gasteiger partial charge in [-0.2, -0.15) is 5.26 Å². The van der Waals surface area contributed by atoms with Gasteiger partial charge in [-0.05, 0) is 24.3 Å². The number of carboxylic acids is 1. The fourth-order valence-electron chi connectivity index (χ4n) is 2.91. The van der Waals surface area contributed by atoms with Crippen LogP contribution < -0.4 is 0 Å². The van der Waals surface area contributed by atoms with Gasteiger partial charge in [-0.15, -0.1) is 0 Å². The zero-order valence-corrected chi connectivity index (χ0v) is 12.3. The summed E-state index contributed by atoms with van der Waals surface area (Å²) in [6, 6.07) is 12.1. The Morgan fingerprint density at radius 3 is 2.87 bits per heavy atom. The van der Waals surface area contributed by atoms with Crippen molar-refractivity contribution in [3.63, 3.8) is 0 Å². The summed E-state index contributed by atoms with van der Waals surface area (Å²) in [6.45, 7) is 0.616. The third kappa shape index (κ3) is 3.11. The number of furan rings is 1. The van der Waals surface area contributed by atoms with Crippen LogP contribution in [0.4, 0.5) is 0 Å². The molecular weight excluding hydrogens is 296 g/mol. The van der Waals surface area contributed by atoms with Crippen LogP contribution in [0.25, 0.3) is 11.3 Å². The number of carbonyl (C=O) groups is 1. The van der Waals surface area contributed by atoms with Gasteiger partial charge in [-0.1, -0.05) is 12.1 Å². The maximum Gasteiger partial charge on any atom is 0.321 e. The van der Waals surface area contributed by atoms with Crippen LogP contribution in [0.2, 0.25) is 0 Å². The summed E-state index contributed by atoms with van der Waals surface area (Å²) >= 11 is 0. The molecule has 2 atom stereocenters. The molecule has 1 fully saturated rings. The molecule has 2 aromatic rings. The molecule has 3 rings (SSSR count). The number of carboxylic acid groups (broad SMARTS) is 1. The van der Waals surface area contributed by atoms with Crippen LogP contribution >= 0.6 is 0 Å². The lowest BCUT2D eigenvalue weighted by atomic mass is 10.1. The first-order chi connectivity index (χ1) is 11.1. The van der Waals surface area contributed by atoms with Gasteiger partial charge in [-0.25, -0.2) is 0 Å². The highest BCUT2D eigenvalue weighted by Gasteiger charge is 2.36. The van der Waals surface area contributed by atoms with Crippen molar-refractivity contribution < 1.29 is 19.4 Å². The van der Waals surface area contributed by atoms with E-state index in [1.54, 1.807) is 35.2 Å². The molecule has 1 aliphatic rings. The maximum absolute atomic E-state index is 11.2. The van der Waals surface area contributed by atoms with E-state index in [-0.39, 0.29) is 6.42 Å². The summed E-state index contributed by atoms with van der Waals surface area (Å²) < 4.78 is 5.77. The Balaban J connectivity index is 1.80. The topological polar surface area (TPSA) is 97.7 Å². The number of hydrogen-bond donors (Lipinski definition) is 2. The lowest BCUT2D eigenvalue weighted by molar-refractivity contribution is -0.142. The highest BCUT2D eigenvalue weighted by atomic mass is 16.4. The van der Waals surface area contributed by atoms with Crippen LogP contribution in [0, 0.1) is 11.3 Å². The Morgan fingerprint density at radius 2 is 2.13 bits per heavy atom. The predicted molar refractivity (Wildman–Crippen MR) is 81.3 cm³/mol. The van der Waals surface area contributed by atoms with Crippen molar-refractivity contribution in [1.82, 2.24) is 4.90 Å². The van der Waals surface area contributed by atoms with E-state index in [0.717, 1.165) is 0 Å². The summed E-state index contributed by atoms with van der Waals surface area (Å²) in [5, 5.41) is 28.0. The van der Waals surface area contributed by atoms with Crippen LogP contribution in [0.15, 0.2) is 40.8 Å². The van der Waals surface area contributed by atoms with Crippen molar-refractivity contribution >= 4 is 5.97 Å². The van der Waals surface area contributed by atoms with Crippen LogP contribution in [0.5, 0.6) is 0 Å². The van der Waals surface area contributed by atoms with E-state index in [1.807, 2.05) is 6.07 Å². The van der Waals surface area contributed by atoms with Gasteiger partial charge in [0.2, 0.25) is 0 Å². The number of hydrogen-bond acceptors (Lipinski definition) is 5. The molecule has 2 unspecified atom stereocenters. The molecule has 0 spiro atoms. The first-order valence-electron chi connectivity index (χ1n) is 7.31. The molecule has 0 amide bonds. The van der Waals surface area contributed by atoms with Gasteiger partial charge in [0.1, 0.15) is 17.6 Å². The quantitative estimate of drug-likeness (QED) is 0.894. The van der Waals surface area contributed by atoms with Crippen LogP contribution in [-0.2, 0) is 11.3 Å². The van der Waals surface area contributed by atoms with Crippen LogP contribution in [0.3, 0.4) is 0 Å². The zero-order valence-electron chi connectivity index (χ0n) is 12.3. The normalized spacial score (nSPS) is 21.2. The smallest absolute Gasteiger partial charge is 0.321 e. The van der Waals surface area contributed by atoms with E-state index in [1.165, 1.54) is 0 Å². The summed E-state index contributed by atoms with van der Waals surface area (Å²) in [5.41, 5.74) is 1.23. The zero-order chi connectivity index (χ0) is 16.4. The Bertz CT molecular complexity index is 762. The molecule has 1 aliphatic heterocycles. The molecule has 0 saturated carbocycles. The molecule has 1 aromatic heterocycles. The SMILES string of the molecule is N#Cc1ccccc1-c1ccc(CN2CC(O)CC2C(=O)O)o1. The van der Waals surface area contributed by atoms with Gasteiger partial charge in [0.05, 0.1) is 24.3 Å². The lowest BCUT2D eigenvalue weighted by Gasteiger charge is -2.19. The molecule has 0 bridgehead atoms. The molecule has 1 saturated heterocycles. The molecular formula is C17H16N2O4. The molecule has 0 aliphatic carbocycles. The number of benzene rings is 1. The van der Waals surface area contributed by atoms with Crippen molar-refractivity contribution in [2.45, 2.75) is 25.1 Å². The average molecular weight is 312 g/mol. The van der Waals surface area contributed by atoms with Gasteiger partial charge in [-0.3, -0.25) is 9.69 Å². The average Bonchev–Trinajstić information content (AvgIpc) is 3.14. The molecule has 0 radical (unpaired) electrons. The summed E-state index contributed by atoms with van der Waals surface area (Å²) in [7, 11) is 0. The Labute approximate surface area is 133 Å². The van der Waals surface area contributed by atoms with Crippen LogP contribution in [0.1, 0.15) is 17.7 Å². The number of rotatable bonds is 4. The minimum Gasteiger partial charge on any atom is -0.480 e. The van der Waals surface area contributed by atoms with E-state index in [0.29, 0.717) is 35.7 Å². The minimum absolute atomic E-state index is 0.222. The monoisotopic (exact) mass is 312 g/mol. The Hall–Kier alpha value is -2.62. The first kappa shape index (κ1) is 15.3. The summed E-state index contributed by atoms with van der Waals surface area (Å²) in [4.78, 5) is 12.9. The highest BCUT2D eigenvalue weighted by Crippen LogP contribution is 2.27. The largest absolute Gasteiger partial charge is 0.480 e. The Morgan fingerprint density at radius 1 is 1.35 bits per heavy atom. The fourth-order valence-corrected chi connectivity index (χ4v) is 2.91. The second kappa shape index (κ2) is 6.24. The van der Waals surface area contributed by atoms with E-state index in [9.17, 15) is 15.0 Å². The molecule has 118 valence electrons. The predicted octanol–water partition coefficient (Wildman–Crippen LogP) is 1.84. The number of nitrogens with zero attached hydrogens (tertiary/aromatic N) is 2. The molecule has 6 heteroatoms. The second-order valence-electron chi connectivity index (χ2n) is 5.60. The molecule has 23 heavy (non-hydrogen) atoms. The third-order valence-electron chi connectivity index (χ3n) is 4.00. The number of β-amino-alcohol motifs (C(OH)–C–C–N with tert-alkyl or cyclic N) is 1. The van der Waals surface area contributed by atoms with E-state index in [4.69, 9.17) is 9.68 Å². The Kier molecular flexibility index (Phi) is 4.15. The van der Waals surface area contributed by atoms with Gasteiger partial charge in [0, 0.05) is 18.5 Å². The van der Waals surface area contributed by atoms with E-state index in [2.05, 4.69) is 6.07 Å². The van der Waals surface area contributed by atoms with Crippen LogP contribution in [-0.4, -0.2) is 39.8 Å². The minimum atomic E-state index is -0.942. The lowest BCUT2D eigenvalue weighted by Crippen LogP contribution is -2.35. The van der Waals surface area contributed by atoms with E-state index < -0.39 is 18.1 Å². The maximum atomic E-state index is 11.2. The number of aliphatic hydroxyl groups is 1. The van der Waals surface area contributed by atoms with Crippen molar-refractivity contribution in [2.24, 2.45) is 0 Å². The fraction of sp³-hybridized carbons (Fsp3) is 0.294. The first-order valence-corrected chi connectivity index (χ1v) is 7.31. The number of aliphatic hydroxyl groups excluding tert-OH is 1. The van der Waals surface area contributed by atoms with Crippen molar-refractivity contribution in [2.75, 3.05) is 6.54 Å². The van der Waals surface area contributed by atoms with Gasteiger partial charge in [0.15, 0.2) is 0 Å².